The molecule has 0 saturated carbocycles. The van der Waals surface area contributed by atoms with Gasteiger partial charge in [-0.3, -0.25) is 9.78 Å². The summed E-state index contributed by atoms with van der Waals surface area (Å²) < 4.78 is 0. The van der Waals surface area contributed by atoms with Crippen molar-refractivity contribution in [2.75, 3.05) is 38.0 Å². The Hall–Kier alpha value is -2.54. The standard InChI is InChI=1S/C18H24N6O/c1-3-23-8-10-24(11-9-23)18(25)16-12-17(22-14(2)21-16)20-13-15-6-4-5-7-19-15/h4-7,12H,3,8-11,13H2,1-2H3,(H,20,21,22). The molecule has 0 unspecified atom stereocenters. The number of aromatic nitrogens is 3. The van der Waals surface area contributed by atoms with Gasteiger partial charge in [-0.15, -0.1) is 0 Å². The fourth-order valence-corrected chi connectivity index (χ4v) is 2.88. The van der Waals surface area contributed by atoms with Crippen molar-refractivity contribution in [1.29, 1.82) is 0 Å². The van der Waals surface area contributed by atoms with Crippen LogP contribution in [0.15, 0.2) is 30.5 Å². The van der Waals surface area contributed by atoms with Gasteiger partial charge in [-0.1, -0.05) is 13.0 Å². The lowest BCUT2D eigenvalue weighted by molar-refractivity contribution is 0.0637. The molecule has 132 valence electrons. The Bertz CT molecular complexity index is 713. The number of anilines is 1. The Morgan fingerprint density at radius 1 is 1.20 bits per heavy atom. The second-order valence-corrected chi connectivity index (χ2v) is 6.09. The summed E-state index contributed by atoms with van der Waals surface area (Å²) >= 11 is 0. The van der Waals surface area contributed by atoms with Gasteiger partial charge in [-0.25, -0.2) is 9.97 Å². The van der Waals surface area contributed by atoms with Gasteiger partial charge in [-0.05, 0) is 25.6 Å². The Balaban J connectivity index is 1.67. The van der Waals surface area contributed by atoms with E-state index in [1.807, 2.05) is 23.1 Å². The van der Waals surface area contributed by atoms with Gasteiger partial charge in [0.05, 0.1) is 12.2 Å². The normalized spacial score (nSPS) is 15.2. The molecule has 1 amide bonds. The molecule has 7 nitrogen and oxygen atoms in total. The molecule has 0 radical (unpaired) electrons. The summed E-state index contributed by atoms with van der Waals surface area (Å²) in [6, 6.07) is 7.50. The average Bonchev–Trinajstić information content (AvgIpc) is 2.66. The van der Waals surface area contributed by atoms with Crippen LogP contribution in [0.5, 0.6) is 0 Å². The number of hydrogen-bond acceptors (Lipinski definition) is 6. The Morgan fingerprint density at radius 2 is 2.00 bits per heavy atom. The van der Waals surface area contributed by atoms with E-state index in [-0.39, 0.29) is 5.91 Å². The number of hydrogen-bond donors (Lipinski definition) is 1. The summed E-state index contributed by atoms with van der Waals surface area (Å²) in [5.41, 5.74) is 1.36. The number of piperazine rings is 1. The number of likely N-dealkylation sites (N-methyl/N-ethyl adjacent to an activating group) is 1. The number of carbonyl (C=O) groups excluding carboxylic acids is 1. The zero-order valence-corrected chi connectivity index (χ0v) is 14.8. The molecular formula is C18H24N6O. The molecule has 0 aromatic carbocycles. The number of pyridine rings is 1. The number of nitrogens with zero attached hydrogens (tertiary/aromatic N) is 5. The summed E-state index contributed by atoms with van der Waals surface area (Å²) in [5.74, 6) is 1.21. The van der Waals surface area contributed by atoms with Gasteiger partial charge >= 0.3 is 0 Å². The molecule has 0 atom stereocenters. The van der Waals surface area contributed by atoms with Crippen molar-refractivity contribution >= 4 is 11.7 Å². The number of nitrogens with one attached hydrogen (secondary N) is 1. The van der Waals surface area contributed by atoms with Crippen molar-refractivity contribution < 1.29 is 4.79 Å². The molecule has 7 heteroatoms. The van der Waals surface area contributed by atoms with Crippen LogP contribution in [0.3, 0.4) is 0 Å². The topological polar surface area (TPSA) is 74.2 Å². The van der Waals surface area contributed by atoms with E-state index < -0.39 is 0 Å². The van der Waals surface area contributed by atoms with E-state index in [9.17, 15) is 4.79 Å². The maximum absolute atomic E-state index is 12.8. The third-order valence-electron chi connectivity index (χ3n) is 4.34. The Kier molecular flexibility index (Phi) is 5.55. The van der Waals surface area contributed by atoms with E-state index in [2.05, 4.69) is 32.1 Å². The van der Waals surface area contributed by atoms with E-state index in [1.54, 1.807) is 19.2 Å². The smallest absolute Gasteiger partial charge is 0.272 e. The molecule has 1 saturated heterocycles. The first-order valence-corrected chi connectivity index (χ1v) is 8.67. The van der Waals surface area contributed by atoms with Crippen LogP contribution in [-0.2, 0) is 6.54 Å². The molecular weight excluding hydrogens is 316 g/mol. The van der Waals surface area contributed by atoms with Crippen LogP contribution < -0.4 is 5.32 Å². The summed E-state index contributed by atoms with van der Waals surface area (Å²) in [6.45, 7) is 8.84. The third kappa shape index (κ3) is 4.51. The van der Waals surface area contributed by atoms with E-state index in [0.29, 0.717) is 23.9 Å². The maximum Gasteiger partial charge on any atom is 0.272 e. The molecule has 0 bridgehead atoms. The van der Waals surface area contributed by atoms with Crippen molar-refractivity contribution in [2.24, 2.45) is 0 Å². The van der Waals surface area contributed by atoms with Crippen LogP contribution >= 0.6 is 0 Å². The van der Waals surface area contributed by atoms with E-state index in [1.165, 1.54) is 0 Å². The van der Waals surface area contributed by atoms with Gasteiger partial charge in [0.25, 0.3) is 5.91 Å². The van der Waals surface area contributed by atoms with Crippen molar-refractivity contribution in [1.82, 2.24) is 24.8 Å². The van der Waals surface area contributed by atoms with Crippen molar-refractivity contribution in [3.63, 3.8) is 0 Å². The molecule has 3 heterocycles. The lowest BCUT2D eigenvalue weighted by atomic mass is 10.2. The lowest BCUT2D eigenvalue weighted by Crippen LogP contribution is -2.48. The molecule has 0 aliphatic carbocycles. The average molecular weight is 340 g/mol. The summed E-state index contributed by atoms with van der Waals surface area (Å²) in [5, 5.41) is 3.22. The predicted molar refractivity (Wildman–Crippen MR) is 96.4 cm³/mol. The van der Waals surface area contributed by atoms with Gasteiger partial charge in [0, 0.05) is 38.4 Å². The van der Waals surface area contributed by atoms with E-state index in [4.69, 9.17) is 0 Å². The number of rotatable bonds is 5. The maximum atomic E-state index is 12.8. The molecule has 2 aromatic rings. The largest absolute Gasteiger partial charge is 0.364 e. The van der Waals surface area contributed by atoms with Crippen molar-refractivity contribution in [3.8, 4) is 0 Å². The fraction of sp³-hybridized carbons (Fsp3) is 0.444. The first kappa shape index (κ1) is 17.3. The second-order valence-electron chi connectivity index (χ2n) is 6.09. The highest BCUT2D eigenvalue weighted by Crippen LogP contribution is 2.12. The van der Waals surface area contributed by atoms with Crippen molar-refractivity contribution in [2.45, 2.75) is 20.4 Å². The molecule has 1 aliphatic heterocycles. The molecule has 2 aromatic heterocycles. The molecule has 1 aliphatic rings. The molecule has 0 spiro atoms. The lowest BCUT2D eigenvalue weighted by Gasteiger charge is -2.33. The first-order chi connectivity index (χ1) is 12.2. The zero-order chi connectivity index (χ0) is 17.6. The highest BCUT2D eigenvalue weighted by atomic mass is 16.2. The van der Waals surface area contributed by atoms with E-state index >= 15 is 0 Å². The molecule has 25 heavy (non-hydrogen) atoms. The zero-order valence-electron chi connectivity index (χ0n) is 14.8. The van der Waals surface area contributed by atoms with Crippen LogP contribution in [0.2, 0.25) is 0 Å². The quantitative estimate of drug-likeness (QED) is 0.891. The monoisotopic (exact) mass is 340 g/mol. The SMILES string of the molecule is CCN1CCN(C(=O)c2cc(NCc3ccccn3)nc(C)n2)CC1. The van der Waals surface area contributed by atoms with Crippen LogP contribution in [-0.4, -0.2) is 63.4 Å². The Morgan fingerprint density at radius 3 is 2.68 bits per heavy atom. The first-order valence-electron chi connectivity index (χ1n) is 8.67. The summed E-state index contributed by atoms with van der Waals surface area (Å²) in [4.78, 5) is 29.9. The van der Waals surface area contributed by atoms with Gasteiger partial charge in [-0.2, -0.15) is 0 Å². The van der Waals surface area contributed by atoms with Crippen LogP contribution in [0.1, 0.15) is 28.9 Å². The Labute approximate surface area is 148 Å². The number of amides is 1. The fourth-order valence-electron chi connectivity index (χ4n) is 2.88. The highest BCUT2D eigenvalue weighted by Gasteiger charge is 2.23. The summed E-state index contributed by atoms with van der Waals surface area (Å²) in [7, 11) is 0. The molecule has 1 N–H and O–H groups in total. The second kappa shape index (κ2) is 8.02. The predicted octanol–water partition coefficient (Wildman–Crippen LogP) is 1.57. The van der Waals surface area contributed by atoms with Crippen LogP contribution in [0, 0.1) is 6.92 Å². The minimum absolute atomic E-state index is 0.0258. The molecule has 1 fully saturated rings. The minimum atomic E-state index is -0.0258. The van der Waals surface area contributed by atoms with Gasteiger partial charge < -0.3 is 15.1 Å². The highest BCUT2D eigenvalue weighted by molar-refractivity contribution is 5.93. The van der Waals surface area contributed by atoms with Crippen LogP contribution in [0.25, 0.3) is 0 Å². The van der Waals surface area contributed by atoms with Gasteiger partial charge in [0.15, 0.2) is 0 Å². The van der Waals surface area contributed by atoms with E-state index in [0.717, 1.165) is 38.4 Å². The number of carbonyl (C=O) groups is 1. The van der Waals surface area contributed by atoms with Gasteiger partial charge in [0.2, 0.25) is 0 Å². The van der Waals surface area contributed by atoms with Crippen molar-refractivity contribution in [3.05, 3.63) is 47.7 Å². The molecule has 3 rings (SSSR count). The number of aryl methyl sites for hydroxylation is 1. The van der Waals surface area contributed by atoms with Gasteiger partial charge in [0.1, 0.15) is 17.3 Å². The third-order valence-corrected chi connectivity index (χ3v) is 4.34. The van der Waals surface area contributed by atoms with Crippen LogP contribution in [0.4, 0.5) is 5.82 Å². The summed E-state index contributed by atoms with van der Waals surface area (Å²) in [6.07, 6.45) is 1.76. The minimum Gasteiger partial charge on any atom is -0.364 e.